The molecule has 2 heterocycles. The quantitative estimate of drug-likeness (QED) is 0.639. The van der Waals surface area contributed by atoms with Crippen LogP contribution in [-0.2, 0) is 4.79 Å². The molecule has 0 radical (unpaired) electrons. The van der Waals surface area contributed by atoms with Crippen molar-refractivity contribution in [2.45, 2.75) is 20.8 Å². The van der Waals surface area contributed by atoms with E-state index in [1.54, 1.807) is 19.2 Å². The summed E-state index contributed by atoms with van der Waals surface area (Å²) < 4.78 is 7.53. The molecule has 0 atom stereocenters. The molecule has 3 rings (SSSR count). The first kappa shape index (κ1) is 15.7. The number of amides is 1. The van der Waals surface area contributed by atoms with Gasteiger partial charge in [0.15, 0.2) is 11.5 Å². The fraction of sp³-hybridized carbons (Fsp3) is 0.200. The van der Waals surface area contributed by atoms with Gasteiger partial charge in [-0.1, -0.05) is 0 Å². The summed E-state index contributed by atoms with van der Waals surface area (Å²) in [4.78, 5) is 28.2. The van der Waals surface area contributed by atoms with Gasteiger partial charge in [-0.15, -0.1) is 0 Å². The minimum Gasteiger partial charge on any atom is -0.441 e. The highest BCUT2D eigenvalue weighted by molar-refractivity contribution is 14.1. The molecule has 0 spiro atoms. The van der Waals surface area contributed by atoms with Gasteiger partial charge in [0.25, 0.3) is 5.56 Å². The second-order valence-electron chi connectivity index (χ2n) is 5.08. The Balaban J connectivity index is 2.38. The average molecular weight is 424 g/mol. The largest absolute Gasteiger partial charge is 0.441 e. The summed E-state index contributed by atoms with van der Waals surface area (Å²) in [5, 5.41) is 6.91. The van der Waals surface area contributed by atoms with Crippen LogP contribution in [0.4, 0.5) is 5.69 Å². The molecular formula is C15H13IN4O3. The maximum Gasteiger partial charge on any atom is 0.272 e. The van der Waals surface area contributed by atoms with Gasteiger partial charge in [0.05, 0.1) is 17.6 Å². The molecule has 0 aliphatic heterocycles. The summed E-state index contributed by atoms with van der Waals surface area (Å²) in [6.45, 7) is 4.96. The predicted molar refractivity (Wildman–Crippen MR) is 93.9 cm³/mol. The number of benzene rings is 1. The number of hydrogen-bond donors (Lipinski definition) is 1. The number of nitrogens with zero attached hydrogens (tertiary/aromatic N) is 3. The van der Waals surface area contributed by atoms with E-state index in [9.17, 15) is 9.59 Å². The highest BCUT2D eigenvalue weighted by Crippen LogP contribution is 2.31. The Morgan fingerprint density at radius 3 is 2.74 bits per heavy atom. The van der Waals surface area contributed by atoms with Crippen LogP contribution >= 0.6 is 22.6 Å². The Bertz CT molecular complexity index is 990. The van der Waals surface area contributed by atoms with E-state index in [-0.39, 0.29) is 11.5 Å². The molecule has 1 N–H and O–H groups in total. The standard InChI is InChI=1S/C15H13IN4O3/c1-7-14-12(23-9(3)19-14)5-11(18-8(2)21)15(7)20-13(22)4-10(16)6-17-20/h4-6H,1-3H3,(H,18,21). The van der Waals surface area contributed by atoms with Crippen molar-refractivity contribution < 1.29 is 9.21 Å². The molecule has 0 unspecified atom stereocenters. The summed E-state index contributed by atoms with van der Waals surface area (Å²) in [6.07, 6.45) is 1.58. The molecule has 7 nitrogen and oxygen atoms in total. The lowest BCUT2D eigenvalue weighted by atomic mass is 10.1. The van der Waals surface area contributed by atoms with Gasteiger partial charge in [0.2, 0.25) is 5.91 Å². The molecule has 0 saturated heterocycles. The van der Waals surface area contributed by atoms with Gasteiger partial charge >= 0.3 is 0 Å². The zero-order valence-corrected chi connectivity index (χ0v) is 14.8. The number of rotatable bonds is 2. The van der Waals surface area contributed by atoms with Gasteiger partial charge in [-0.05, 0) is 29.5 Å². The minimum absolute atomic E-state index is 0.250. The van der Waals surface area contributed by atoms with Crippen molar-refractivity contribution in [3.8, 4) is 5.69 Å². The lowest BCUT2D eigenvalue weighted by Gasteiger charge is -2.14. The highest BCUT2D eigenvalue weighted by Gasteiger charge is 2.18. The van der Waals surface area contributed by atoms with Crippen molar-refractivity contribution in [2.75, 3.05) is 5.32 Å². The highest BCUT2D eigenvalue weighted by atomic mass is 127. The van der Waals surface area contributed by atoms with E-state index >= 15 is 0 Å². The molecule has 1 aromatic carbocycles. The Hall–Kier alpha value is -2.23. The van der Waals surface area contributed by atoms with E-state index in [0.717, 1.165) is 3.57 Å². The molecule has 0 saturated carbocycles. The number of fused-ring (bicyclic) bond motifs is 1. The van der Waals surface area contributed by atoms with Crippen molar-refractivity contribution in [3.05, 3.63) is 43.7 Å². The fourth-order valence-electron chi connectivity index (χ4n) is 2.43. The Kier molecular flexibility index (Phi) is 3.92. The van der Waals surface area contributed by atoms with Crippen molar-refractivity contribution >= 4 is 45.3 Å². The van der Waals surface area contributed by atoms with Crippen LogP contribution in [0.15, 0.2) is 27.5 Å². The number of anilines is 1. The molecule has 0 aliphatic rings. The van der Waals surface area contributed by atoms with Gasteiger partial charge in [-0.25, -0.2) is 4.98 Å². The number of carbonyl (C=O) groups is 1. The lowest BCUT2D eigenvalue weighted by Crippen LogP contribution is -2.23. The van der Waals surface area contributed by atoms with Crippen LogP contribution in [0.3, 0.4) is 0 Å². The molecule has 2 aromatic heterocycles. The zero-order chi connectivity index (χ0) is 16.7. The summed E-state index contributed by atoms with van der Waals surface area (Å²) >= 11 is 2.02. The van der Waals surface area contributed by atoms with E-state index in [0.29, 0.717) is 33.9 Å². The SMILES string of the molecule is CC(=O)Nc1cc2oc(C)nc2c(C)c1-n1ncc(I)cc1=O. The summed E-state index contributed by atoms with van der Waals surface area (Å²) in [6, 6.07) is 3.13. The zero-order valence-electron chi connectivity index (χ0n) is 12.7. The van der Waals surface area contributed by atoms with Crippen LogP contribution < -0.4 is 10.9 Å². The van der Waals surface area contributed by atoms with Crippen molar-refractivity contribution in [2.24, 2.45) is 0 Å². The number of oxazole rings is 1. The molecule has 23 heavy (non-hydrogen) atoms. The number of aryl methyl sites for hydroxylation is 2. The Labute approximate surface area is 144 Å². The molecule has 0 aliphatic carbocycles. The maximum absolute atomic E-state index is 12.3. The lowest BCUT2D eigenvalue weighted by molar-refractivity contribution is -0.114. The number of aromatic nitrogens is 3. The minimum atomic E-state index is -0.286. The topological polar surface area (TPSA) is 90.0 Å². The van der Waals surface area contributed by atoms with Gasteiger partial charge in [-0.3, -0.25) is 9.59 Å². The van der Waals surface area contributed by atoms with Crippen LogP contribution in [0.25, 0.3) is 16.8 Å². The molecule has 118 valence electrons. The number of carbonyl (C=O) groups excluding carboxylic acids is 1. The predicted octanol–water partition coefficient (Wildman–Crippen LogP) is 2.55. The van der Waals surface area contributed by atoms with E-state index in [1.165, 1.54) is 17.7 Å². The van der Waals surface area contributed by atoms with Crippen LogP contribution in [-0.4, -0.2) is 20.7 Å². The molecular weight excluding hydrogens is 411 g/mol. The second-order valence-corrected chi connectivity index (χ2v) is 6.33. The first-order valence-corrected chi connectivity index (χ1v) is 7.88. The van der Waals surface area contributed by atoms with Crippen molar-refractivity contribution in [1.29, 1.82) is 0 Å². The normalized spacial score (nSPS) is 11.0. The number of nitrogens with one attached hydrogen (secondary N) is 1. The third-order valence-corrected chi connectivity index (χ3v) is 3.88. The summed E-state index contributed by atoms with van der Waals surface area (Å²) in [7, 11) is 0. The Morgan fingerprint density at radius 2 is 2.09 bits per heavy atom. The second kappa shape index (κ2) is 5.76. The molecule has 1 amide bonds. The van der Waals surface area contributed by atoms with Gasteiger partial charge in [0.1, 0.15) is 5.52 Å². The summed E-state index contributed by atoms with van der Waals surface area (Å²) in [5.74, 6) is 0.261. The molecule has 8 heteroatoms. The van der Waals surface area contributed by atoms with E-state index in [1.807, 2.05) is 29.5 Å². The monoisotopic (exact) mass is 424 g/mol. The van der Waals surface area contributed by atoms with Crippen molar-refractivity contribution in [3.63, 3.8) is 0 Å². The maximum atomic E-state index is 12.3. The smallest absolute Gasteiger partial charge is 0.272 e. The number of hydrogen-bond acceptors (Lipinski definition) is 5. The van der Waals surface area contributed by atoms with Crippen LogP contribution in [0.1, 0.15) is 18.4 Å². The van der Waals surface area contributed by atoms with Crippen molar-refractivity contribution in [1.82, 2.24) is 14.8 Å². The van der Waals surface area contributed by atoms with Gasteiger partial charge in [-0.2, -0.15) is 9.78 Å². The molecule has 3 aromatic rings. The summed E-state index contributed by atoms with van der Waals surface area (Å²) in [5.41, 5.74) is 2.55. The fourth-order valence-corrected chi connectivity index (χ4v) is 2.83. The van der Waals surface area contributed by atoms with Crippen LogP contribution in [0.5, 0.6) is 0 Å². The number of halogens is 1. The van der Waals surface area contributed by atoms with E-state index < -0.39 is 0 Å². The van der Waals surface area contributed by atoms with Gasteiger partial charge < -0.3 is 9.73 Å². The van der Waals surface area contributed by atoms with E-state index in [4.69, 9.17) is 4.42 Å². The van der Waals surface area contributed by atoms with Gasteiger partial charge in [0, 0.05) is 35.1 Å². The molecule has 0 bridgehead atoms. The first-order chi connectivity index (χ1) is 10.9. The van der Waals surface area contributed by atoms with Crippen LogP contribution in [0, 0.1) is 17.4 Å². The first-order valence-electron chi connectivity index (χ1n) is 6.80. The average Bonchev–Trinajstić information content (AvgIpc) is 2.81. The third-order valence-electron chi connectivity index (χ3n) is 3.29. The Morgan fingerprint density at radius 1 is 1.35 bits per heavy atom. The molecule has 0 fully saturated rings. The van der Waals surface area contributed by atoms with E-state index in [2.05, 4.69) is 15.4 Å². The third kappa shape index (κ3) is 2.85. The van der Waals surface area contributed by atoms with Crippen LogP contribution in [0.2, 0.25) is 0 Å².